The van der Waals surface area contributed by atoms with Gasteiger partial charge in [-0.15, -0.1) is 0 Å². The number of carboxylic acid groups (broad SMARTS) is 1. The third-order valence-corrected chi connectivity index (χ3v) is 25.9. The second-order valence-electron chi connectivity index (χ2n) is 34.0. The monoisotopic (exact) mass is 1760 g/mol. The maximum atomic E-state index is 14.4. The lowest BCUT2D eigenvalue weighted by Crippen LogP contribution is -2.65. The average Bonchev–Trinajstić information content (AvgIpc) is 1.51. The lowest BCUT2D eigenvalue weighted by Gasteiger charge is -2.50. The van der Waals surface area contributed by atoms with Crippen LogP contribution in [0, 0.1) is 22.2 Å². The molecule has 0 saturated carbocycles. The summed E-state index contributed by atoms with van der Waals surface area (Å²) in [7, 11) is -6.92. The van der Waals surface area contributed by atoms with E-state index >= 15 is 0 Å². The van der Waals surface area contributed by atoms with Gasteiger partial charge in [0, 0.05) is 89.4 Å². The van der Waals surface area contributed by atoms with E-state index in [1.54, 1.807) is 68.1 Å². The normalized spacial score (nSPS) is 16.6. The fraction of sp³-hybridized carbons (Fsp3) is 0.506. The molecule has 2 aliphatic heterocycles. The fourth-order valence-corrected chi connectivity index (χ4v) is 17.8. The Bertz CT molecular complexity index is 4920. The molecule has 4 aromatic rings. The molecule has 14 N–H and O–H groups in total. The first kappa shape index (κ1) is 99.7. The highest BCUT2D eigenvalue weighted by atomic mass is 32.2. The SMILES string of the molecule is CNC(=O)CNC(=O)CNC(=O)C(C)(C(C)(C)C(=O)NCC(=O)NC(Cc1ccccc1)C(=O)NC(CC(C)C)C(=O)NCC(=O)NC(CCCCNC(=O)c1ccc(SC2=C(/C=C/C3=[N+](CCCCS(=O)(=O)O)c4ccccc4C3(C)C)CCC/C2=C\C=C2/N(CCCCS(=O)(=O)O)c3ccccc3C2(C)C)cc1)C(=O)O)C(C)(C)C(=O)NCC(C)O. The third-order valence-electron chi connectivity index (χ3n) is 23.1. The summed E-state index contributed by atoms with van der Waals surface area (Å²) in [4.78, 5) is 153. The lowest BCUT2D eigenvalue weighted by atomic mass is 9.52. The van der Waals surface area contributed by atoms with Crippen LogP contribution in [0.3, 0.4) is 0 Å². The topological polar surface area (TPSA) is 464 Å². The Morgan fingerprint density at radius 1 is 0.577 bits per heavy atom. The molecular formula is C89H123N12O19S3+. The molecule has 0 saturated heterocycles. The van der Waals surface area contributed by atoms with E-state index in [1.807, 2.05) is 36.4 Å². The molecule has 3 aliphatic rings. The highest BCUT2D eigenvalue weighted by Crippen LogP contribution is 2.53. The zero-order valence-electron chi connectivity index (χ0n) is 72.6. The van der Waals surface area contributed by atoms with Crippen molar-refractivity contribution < 1.29 is 93.5 Å². The highest BCUT2D eigenvalue weighted by molar-refractivity contribution is 8.03. The van der Waals surface area contributed by atoms with Crippen LogP contribution in [0.2, 0.25) is 0 Å². The Hall–Kier alpha value is -10.4. The second-order valence-corrected chi connectivity index (χ2v) is 38.3. The van der Waals surface area contributed by atoms with E-state index in [4.69, 9.17) is 0 Å². The molecule has 0 radical (unpaired) electrons. The number of hydrogen-bond donors (Lipinski definition) is 14. The summed E-state index contributed by atoms with van der Waals surface area (Å²) in [6.45, 7) is 19.0. The minimum Gasteiger partial charge on any atom is -0.480 e. The van der Waals surface area contributed by atoms with Gasteiger partial charge >= 0.3 is 5.97 Å². The van der Waals surface area contributed by atoms with Crippen LogP contribution >= 0.6 is 11.8 Å². The number of aliphatic hydroxyl groups is 1. The number of nitrogens with one attached hydrogen (secondary N) is 10. The van der Waals surface area contributed by atoms with Gasteiger partial charge in [0.15, 0.2) is 5.71 Å². The van der Waals surface area contributed by atoms with Gasteiger partial charge < -0.3 is 68.3 Å². The van der Waals surface area contributed by atoms with Gasteiger partial charge in [-0.3, -0.25) is 57.1 Å². The number of para-hydroxylation sites is 2. The Kier molecular flexibility index (Phi) is 35.9. The van der Waals surface area contributed by atoms with Gasteiger partial charge in [-0.25, -0.2) is 4.79 Å². The number of anilines is 1. The number of fused-ring (bicyclic) bond motifs is 2. The van der Waals surface area contributed by atoms with E-state index in [9.17, 15) is 88.9 Å². The number of rotatable bonds is 46. The Balaban J connectivity index is 0.990. The van der Waals surface area contributed by atoms with E-state index in [2.05, 4.69) is 139 Å². The molecule has 5 unspecified atom stereocenters. The first-order chi connectivity index (χ1) is 57.7. The molecule has 0 aromatic heterocycles. The molecule has 0 spiro atoms. The standard InChI is InChI=1S/C89H122N12O19S3/c1-57(2)50-67(99-80(109)68(51-59-28-15-14-16-29-59)98-76(106)56-95-83(113)88(10,11)89(12,87(8,9)82(112)94-52-58(3)102)84(114)96-54-74(104)92-53-73(103)90-13)79(108)93-55-75(105)97-66(81(110)111)34-21-22-45-91-78(107)62-37-41-63(42-38-62)121-77-60(39-43-71-85(4,5)64-32-17-19-35-69(64)100(71)46-23-25-48-122(115,116)117)30-27-31-61(77)40-44-72-86(6,7)65-33-18-20-36-70(65)101(72)47-24-26-49-123(118,119)120/h14-20,28-29,32-33,35-44,57-58,66-68,102H,21-27,30-31,34,45-56H2,1-13H3,(H12-,90,91,92,93,94,95,96,97,98,99,103,104,105,106,107,108,109,110,111,112,113,114,115,116,117,118,119,120)/p+1. The molecule has 31 nitrogen and oxygen atoms in total. The number of amides is 10. The molecule has 1 aliphatic carbocycles. The maximum absolute atomic E-state index is 14.4. The first-order valence-corrected chi connectivity index (χ1v) is 45.6. The minimum absolute atomic E-state index is 0.0460. The lowest BCUT2D eigenvalue weighted by molar-refractivity contribution is -0.438. The minimum atomic E-state index is -4.14. The summed E-state index contributed by atoms with van der Waals surface area (Å²) in [5.74, 6) is -9.84. The number of carbonyl (C=O) groups excluding carboxylic acids is 10. The smallest absolute Gasteiger partial charge is 0.326 e. The molecule has 670 valence electrons. The molecule has 2 heterocycles. The van der Waals surface area contributed by atoms with Crippen molar-refractivity contribution >= 4 is 114 Å². The predicted molar refractivity (Wildman–Crippen MR) is 472 cm³/mol. The van der Waals surface area contributed by atoms with Gasteiger partial charge in [0.25, 0.3) is 26.1 Å². The zero-order valence-corrected chi connectivity index (χ0v) is 75.0. The van der Waals surface area contributed by atoms with E-state index in [0.29, 0.717) is 43.5 Å². The van der Waals surface area contributed by atoms with Crippen molar-refractivity contribution in [3.63, 3.8) is 0 Å². The number of aliphatic hydroxyl groups excluding tert-OH is 1. The number of nitrogens with zero attached hydrogens (tertiary/aromatic N) is 2. The Morgan fingerprint density at radius 2 is 1.15 bits per heavy atom. The highest BCUT2D eigenvalue weighted by Gasteiger charge is 2.63. The van der Waals surface area contributed by atoms with Crippen molar-refractivity contribution in [2.24, 2.45) is 22.2 Å². The number of unbranched alkanes of at least 4 members (excludes halogenated alkanes) is 3. The largest absolute Gasteiger partial charge is 0.480 e. The first-order valence-electron chi connectivity index (χ1n) is 41.6. The summed E-state index contributed by atoms with van der Waals surface area (Å²) in [6, 6.07) is 28.0. The molecule has 5 atom stereocenters. The van der Waals surface area contributed by atoms with E-state index in [0.717, 1.165) is 74.1 Å². The van der Waals surface area contributed by atoms with Crippen LogP contribution in [-0.4, -0.2) is 207 Å². The van der Waals surface area contributed by atoms with E-state index in [-0.39, 0.29) is 74.9 Å². The van der Waals surface area contributed by atoms with Crippen LogP contribution in [-0.2, 0) is 85.4 Å². The van der Waals surface area contributed by atoms with Crippen LogP contribution in [0.4, 0.5) is 11.4 Å². The number of likely N-dealkylation sites (N-methyl/N-ethyl adjacent to an activating group) is 1. The summed E-state index contributed by atoms with van der Waals surface area (Å²) < 4.78 is 68.2. The summed E-state index contributed by atoms with van der Waals surface area (Å²) in [5.41, 5.74) is 2.90. The van der Waals surface area contributed by atoms with Crippen molar-refractivity contribution in [3.8, 4) is 0 Å². The van der Waals surface area contributed by atoms with E-state index in [1.165, 1.54) is 48.6 Å². The van der Waals surface area contributed by atoms with Gasteiger partial charge in [0.2, 0.25) is 58.9 Å². The van der Waals surface area contributed by atoms with Gasteiger partial charge in [-0.2, -0.15) is 21.4 Å². The van der Waals surface area contributed by atoms with Gasteiger partial charge in [0.05, 0.1) is 65.4 Å². The molecule has 10 amide bonds. The molecule has 123 heavy (non-hydrogen) atoms. The number of thioether (sulfide) groups is 1. The number of aliphatic carboxylic acids is 1. The average molecular weight is 1760 g/mol. The fourth-order valence-electron chi connectivity index (χ4n) is 15.5. The molecular weight excluding hydrogens is 1640 g/mol. The van der Waals surface area contributed by atoms with Crippen LogP contribution in [0.1, 0.15) is 181 Å². The summed E-state index contributed by atoms with van der Waals surface area (Å²) in [5, 5.41) is 45.7. The third kappa shape index (κ3) is 27.6. The molecule has 34 heteroatoms. The van der Waals surface area contributed by atoms with Crippen LogP contribution in [0.15, 0.2) is 154 Å². The molecule has 0 bridgehead atoms. The second kappa shape index (κ2) is 44.3. The number of carboxylic acids is 1. The molecule has 7 rings (SSSR count). The van der Waals surface area contributed by atoms with Crippen molar-refractivity contribution in [1.29, 1.82) is 0 Å². The maximum Gasteiger partial charge on any atom is 0.326 e. The predicted octanol–water partition coefficient (Wildman–Crippen LogP) is 7.29. The van der Waals surface area contributed by atoms with Gasteiger partial charge in [-0.1, -0.05) is 118 Å². The quantitative estimate of drug-likeness (QED) is 0.0117. The van der Waals surface area contributed by atoms with Crippen LogP contribution in [0.5, 0.6) is 0 Å². The molecule has 0 fully saturated rings. The Morgan fingerprint density at radius 3 is 1.78 bits per heavy atom. The van der Waals surface area contributed by atoms with Crippen molar-refractivity contribution in [2.75, 3.05) is 75.8 Å². The van der Waals surface area contributed by atoms with Gasteiger partial charge in [0.1, 0.15) is 24.7 Å². The zero-order chi connectivity index (χ0) is 91.0. The number of carbonyl (C=O) groups is 11. The Labute approximate surface area is 726 Å². The summed E-state index contributed by atoms with van der Waals surface area (Å²) in [6.07, 6.45) is 12.0. The number of allylic oxidation sites excluding steroid dienone is 7. The van der Waals surface area contributed by atoms with Crippen molar-refractivity contribution in [2.45, 2.75) is 200 Å². The van der Waals surface area contributed by atoms with Crippen LogP contribution < -0.4 is 58.1 Å². The molecule has 4 aromatic carbocycles. The summed E-state index contributed by atoms with van der Waals surface area (Å²) >= 11 is 1.57. The van der Waals surface area contributed by atoms with E-state index < -0.39 is 157 Å². The van der Waals surface area contributed by atoms with Crippen molar-refractivity contribution in [3.05, 3.63) is 171 Å². The van der Waals surface area contributed by atoms with Crippen molar-refractivity contribution in [1.82, 2.24) is 53.2 Å². The number of hydrogen-bond acceptors (Lipinski definition) is 18. The number of benzene rings is 4. The van der Waals surface area contributed by atoms with Crippen LogP contribution in [0.25, 0.3) is 0 Å². The van der Waals surface area contributed by atoms with Gasteiger partial charge in [-0.05, 0) is 184 Å².